The summed E-state index contributed by atoms with van der Waals surface area (Å²) < 4.78 is 5.86. The SMILES string of the molecule is COc1ccc(C(=O)N/N=C/CCc2ccccc2)cc1Br. The number of halogens is 1. The van der Waals surface area contributed by atoms with Crippen LogP contribution in [0.1, 0.15) is 22.3 Å². The number of hydrazone groups is 1. The number of hydrogen-bond acceptors (Lipinski definition) is 3. The molecule has 0 atom stereocenters. The highest BCUT2D eigenvalue weighted by Gasteiger charge is 2.07. The maximum absolute atomic E-state index is 11.9. The van der Waals surface area contributed by atoms with Gasteiger partial charge in [-0.2, -0.15) is 5.10 Å². The molecule has 0 unspecified atom stereocenters. The fourth-order valence-electron chi connectivity index (χ4n) is 1.92. The van der Waals surface area contributed by atoms with E-state index in [1.165, 1.54) is 5.56 Å². The topological polar surface area (TPSA) is 50.7 Å². The van der Waals surface area contributed by atoms with Gasteiger partial charge in [-0.1, -0.05) is 30.3 Å². The summed E-state index contributed by atoms with van der Waals surface area (Å²) in [7, 11) is 1.58. The average molecular weight is 361 g/mol. The molecule has 5 heteroatoms. The Morgan fingerprint density at radius 3 is 2.73 bits per heavy atom. The highest BCUT2D eigenvalue weighted by atomic mass is 79.9. The molecule has 0 saturated heterocycles. The molecule has 0 heterocycles. The van der Waals surface area contributed by atoms with Crippen molar-refractivity contribution in [3.05, 3.63) is 64.1 Å². The van der Waals surface area contributed by atoms with Gasteiger partial charge in [-0.3, -0.25) is 4.79 Å². The Morgan fingerprint density at radius 2 is 2.05 bits per heavy atom. The van der Waals surface area contributed by atoms with Crippen LogP contribution >= 0.6 is 15.9 Å². The minimum atomic E-state index is -0.251. The van der Waals surface area contributed by atoms with Gasteiger partial charge in [0.1, 0.15) is 5.75 Å². The Balaban J connectivity index is 1.82. The molecule has 22 heavy (non-hydrogen) atoms. The molecular weight excluding hydrogens is 344 g/mol. The second kappa shape index (κ2) is 8.34. The van der Waals surface area contributed by atoms with Gasteiger partial charge in [0.15, 0.2) is 0 Å². The van der Waals surface area contributed by atoms with Gasteiger partial charge < -0.3 is 4.74 Å². The zero-order valence-corrected chi connectivity index (χ0v) is 13.8. The molecule has 0 saturated carbocycles. The zero-order valence-electron chi connectivity index (χ0n) is 12.3. The van der Waals surface area contributed by atoms with Gasteiger partial charge in [0, 0.05) is 11.8 Å². The first-order chi connectivity index (χ1) is 10.7. The van der Waals surface area contributed by atoms with Crippen LogP contribution in [0.15, 0.2) is 58.1 Å². The number of nitrogens with zero attached hydrogens (tertiary/aromatic N) is 1. The van der Waals surface area contributed by atoms with Crippen molar-refractivity contribution in [2.24, 2.45) is 5.10 Å². The van der Waals surface area contributed by atoms with Crippen LogP contribution < -0.4 is 10.2 Å². The molecule has 0 aliphatic rings. The van der Waals surface area contributed by atoms with Gasteiger partial charge >= 0.3 is 0 Å². The molecular formula is C17H17BrN2O2. The minimum Gasteiger partial charge on any atom is -0.496 e. The molecule has 114 valence electrons. The van der Waals surface area contributed by atoms with Crippen LogP contribution in [0.5, 0.6) is 5.75 Å². The number of nitrogens with one attached hydrogen (secondary N) is 1. The lowest BCUT2D eigenvalue weighted by molar-refractivity contribution is 0.0955. The van der Waals surface area contributed by atoms with E-state index >= 15 is 0 Å². The van der Waals surface area contributed by atoms with E-state index in [1.807, 2.05) is 18.2 Å². The smallest absolute Gasteiger partial charge is 0.271 e. The van der Waals surface area contributed by atoms with E-state index in [2.05, 4.69) is 38.6 Å². The first-order valence-electron chi connectivity index (χ1n) is 6.90. The predicted molar refractivity (Wildman–Crippen MR) is 91.4 cm³/mol. The standard InChI is InChI=1S/C17H17BrN2O2/c1-22-16-10-9-14(12-15(16)18)17(21)20-19-11-5-8-13-6-3-2-4-7-13/h2-4,6-7,9-12H,5,8H2,1H3,(H,20,21)/b19-11+. The Bertz CT molecular complexity index is 657. The predicted octanol–water partition coefficient (Wildman–Crippen LogP) is 3.81. The van der Waals surface area contributed by atoms with Crippen molar-refractivity contribution in [2.75, 3.05) is 7.11 Å². The molecule has 0 bridgehead atoms. The number of carbonyl (C=O) groups excluding carboxylic acids is 1. The maximum atomic E-state index is 11.9. The normalized spacial score (nSPS) is 10.6. The molecule has 0 radical (unpaired) electrons. The molecule has 2 aromatic carbocycles. The Kier molecular flexibility index (Phi) is 6.15. The van der Waals surface area contributed by atoms with Crippen molar-refractivity contribution in [3.63, 3.8) is 0 Å². The highest BCUT2D eigenvalue weighted by Crippen LogP contribution is 2.25. The number of methoxy groups -OCH3 is 1. The number of ether oxygens (including phenoxy) is 1. The molecule has 2 aromatic rings. The fraction of sp³-hybridized carbons (Fsp3) is 0.176. The van der Waals surface area contributed by atoms with Crippen molar-refractivity contribution in [1.29, 1.82) is 0 Å². The van der Waals surface area contributed by atoms with E-state index in [0.717, 1.165) is 17.3 Å². The van der Waals surface area contributed by atoms with Crippen LogP contribution in [0.3, 0.4) is 0 Å². The molecule has 0 fully saturated rings. The van der Waals surface area contributed by atoms with E-state index in [0.29, 0.717) is 11.3 Å². The van der Waals surface area contributed by atoms with Crippen LogP contribution in [0.2, 0.25) is 0 Å². The minimum absolute atomic E-state index is 0.251. The third-order valence-corrected chi connectivity index (χ3v) is 3.70. The first kappa shape index (κ1) is 16.2. The lowest BCUT2D eigenvalue weighted by Crippen LogP contribution is -2.17. The second-order valence-corrected chi connectivity index (χ2v) is 5.48. The number of carbonyl (C=O) groups is 1. The summed E-state index contributed by atoms with van der Waals surface area (Å²) >= 11 is 3.35. The third kappa shape index (κ3) is 4.70. The lowest BCUT2D eigenvalue weighted by Gasteiger charge is -2.05. The molecule has 2 rings (SSSR count). The average Bonchev–Trinajstić information content (AvgIpc) is 2.55. The van der Waals surface area contributed by atoms with Crippen LogP contribution in [0.25, 0.3) is 0 Å². The van der Waals surface area contributed by atoms with Crippen LogP contribution in [0, 0.1) is 0 Å². The molecule has 0 aromatic heterocycles. The summed E-state index contributed by atoms with van der Waals surface area (Å²) in [5.74, 6) is 0.433. The zero-order chi connectivity index (χ0) is 15.8. The van der Waals surface area contributed by atoms with Gasteiger partial charge in [-0.15, -0.1) is 0 Å². The summed E-state index contributed by atoms with van der Waals surface area (Å²) in [6, 6.07) is 15.3. The number of rotatable bonds is 6. The van der Waals surface area contributed by atoms with Crippen molar-refractivity contribution in [1.82, 2.24) is 5.43 Å². The Morgan fingerprint density at radius 1 is 1.27 bits per heavy atom. The summed E-state index contributed by atoms with van der Waals surface area (Å²) in [4.78, 5) is 11.9. The molecule has 1 amide bonds. The van der Waals surface area contributed by atoms with E-state index in [4.69, 9.17) is 4.74 Å². The molecule has 4 nitrogen and oxygen atoms in total. The highest BCUT2D eigenvalue weighted by molar-refractivity contribution is 9.10. The van der Waals surface area contributed by atoms with Crippen molar-refractivity contribution >= 4 is 28.1 Å². The van der Waals surface area contributed by atoms with Gasteiger partial charge in [-0.25, -0.2) is 5.43 Å². The van der Waals surface area contributed by atoms with Crippen molar-refractivity contribution in [3.8, 4) is 5.75 Å². The molecule has 0 aliphatic carbocycles. The summed E-state index contributed by atoms with van der Waals surface area (Å²) in [6.45, 7) is 0. The van der Waals surface area contributed by atoms with Crippen LogP contribution in [-0.4, -0.2) is 19.2 Å². The van der Waals surface area contributed by atoms with E-state index in [-0.39, 0.29) is 5.91 Å². The first-order valence-corrected chi connectivity index (χ1v) is 7.69. The summed E-state index contributed by atoms with van der Waals surface area (Å²) in [5, 5.41) is 3.96. The number of amides is 1. The molecule has 1 N–H and O–H groups in total. The Labute approximate surface area is 138 Å². The summed E-state index contributed by atoms with van der Waals surface area (Å²) in [5.41, 5.74) is 4.29. The molecule has 0 spiro atoms. The summed E-state index contributed by atoms with van der Waals surface area (Å²) in [6.07, 6.45) is 3.38. The van der Waals surface area contributed by atoms with E-state index < -0.39 is 0 Å². The monoisotopic (exact) mass is 360 g/mol. The van der Waals surface area contributed by atoms with Gasteiger partial charge in [0.05, 0.1) is 11.6 Å². The lowest BCUT2D eigenvalue weighted by atomic mass is 10.1. The van der Waals surface area contributed by atoms with Gasteiger partial charge in [0.25, 0.3) is 5.91 Å². The van der Waals surface area contributed by atoms with Crippen LogP contribution in [-0.2, 0) is 6.42 Å². The molecule has 0 aliphatic heterocycles. The number of aryl methyl sites for hydroxylation is 1. The van der Waals surface area contributed by atoms with Crippen LogP contribution in [0.4, 0.5) is 0 Å². The van der Waals surface area contributed by atoms with Gasteiger partial charge in [-0.05, 0) is 52.5 Å². The largest absolute Gasteiger partial charge is 0.496 e. The fourth-order valence-corrected chi connectivity index (χ4v) is 2.46. The number of hydrogen-bond donors (Lipinski definition) is 1. The number of benzene rings is 2. The third-order valence-electron chi connectivity index (χ3n) is 3.08. The Hall–Kier alpha value is -2.14. The van der Waals surface area contributed by atoms with E-state index in [9.17, 15) is 4.79 Å². The quantitative estimate of drug-likeness (QED) is 0.628. The van der Waals surface area contributed by atoms with E-state index in [1.54, 1.807) is 31.5 Å². The second-order valence-electron chi connectivity index (χ2n) is 4.63. The van der Waals surface area contributed by atoms with Crippen molar-refractivity contribution in [2.45, 2.75) is 12.8 Å². The van der Waals surface area contributed by atoms with Gasteiger partial charge in [0.2, 0.25) is 0 Å². The van der Waals surface area contributed by atoms with Crippen molar-refractivity contribution < 1.29 is 9.53 Å². The maximum Gasteiger partial charge on any atom is 0.271 e.